The van der Waals surface area contributed by atoms with E-state index in [2.05, 4.69) is 17.4 Å². The fourth-order valence-corrected chi connectivity index (χ4v) is 5.15. The van der Waals surface area contributed by atoms with Crippen LogP contribution in [0.1, 0.15) is 31.2 Å². The van der Waals surface area contributed by atoms with Crippen LogP contribution in [0.5, 0.6) is 11.5 Å². The summed E-state index contributed by atoms with van der Waals surface area (Å²) in [5.41, 5.74) is 7.26. The number of halogens is 1. The van der Waals surface area contributed by atoms with Crippen molar-refractivity contribution in [2.75, 3.05) is 11.9 Å². The third kappa shape index (κ3) is 8.41. The predicted octanol–water partition coefficient (Wildman–Crippen LogP) is 5.40. The number of carbonyl (C=O) groups excluding carboxylic acids is 2. The van der Waals surface area contributed by atoms with Crippen LogP contribution < -0.4 is 21.6 Å². The summed E-state index contributed by atoms with van der Waals surface area (Å²) in [6.07, 6.45) is 6.25. The van der Waals surface area contributed by atoms with Crippen LogP contribution in [-0.4, -0.2) is 23.2 Å². The van der Waals surface area contributed by atoms with Crippen LogP contribution in [0.2, 0.25) is 0 Å². The average Bonchev–Trinajstić information content (AvgIpc) is 3.15. The Morgan fingerprint density at radius 3 is 2.21 bits per heavy atom. The third-order valence-electron chi connectivity index (χ3n) is 7.08. The van der Waals surface area contributed by atoms with Crippen molar-refractivity contribution < 1.29 is 18.7 Å². The molecule has 0 aliphatic heterocycles. The first kappa shape index (κ1) is 27.9. The molecule has 0 spiro atoms. The number of anilines is 1. The second-order valence-electron chi connectivity index (χ2n) is 10.0. The summed E-state index contributed by atoms with van der Waals surface area (Å²) < 4.78 is 18.9. The lowest BCUT2D eigenvalue weighted by molar-refractivity contribution is -0.124. The van der Waals surface area contributed by atoms with Crippen LogP contribution in [0.25, 0.3) is 0 Å². The number of hydrogen-bond donors (Lipinski definition) is 3. The van der Waals surface area contributed by atoms with E-state index < -0.39 is 0 Å². The number of rotatable bonds is 10. The maximum atomic E-state index is 13.4. The molecule has 204 valence electrons. The number of amides is 1. The smallest absolute Gasteiger partial charge is 0.227 e. The lowest BCUT2D eigenvalue weighted by Crippen LogP contribution is -2.35. The van der Waals surface area contributed by atoms with Crippen molar-refractivity contribution in [3.8, 4) is 11.5 Å². The van der Waals surface area contributed by atoms with Gasteiger partial charge < -0.3 is 20.8 Å². The van der Waals surface area contributed by atoms with E-state index in [9.17, 15) is 14.0 Å². The molecule has 1 aliphatic carbocycles. The minimum Gasteiger partial charge on any atom is -0.457 e. The Bertz CT molecular complexity index is 1250. The Balaban J connectivity index is 1.41. The monoisotopic (exact) mass is 530 g/mol. The van der Waals surface area contributed by atoms with E-state index in [4.69, 9.17) is 16.3 Å². The van der Waals surface area contributed by atoms with E-state index in [1.54, 1.807) is 36.4 Å². The van der Waals surface area contributed by atoms with Gasteiger partial charge in [-0.2, -0.15) is 0 Å². The molecule has 3 atom stereocenters. The molecule has 0 aromatic heterocycles. The molecule has 1 fully saturated rings. The number of hydrazine groups is 1. The summed E-state index contributed by atoms with van der Waals surface area (Å²) in [4.78, 5) is 26.4. The molecule has 1 saturated carbocycles. The van der Waals surface area contributed by atoms with Gasteiger partial charge in [0.25, 0.3) is 0 Å². The van der Waals surface area contributed by atoms with Gasteiger partial charge in [0.1, 0.15) is 17.3 Å². The third-order valence-corrected chi connectivity index (χ3v) is 7.08. The molecule has 4 rings (SSSR count). The maximum absolute atomic E-state index is 13.4. The van der Waals surface area contributed by atoms with Gasteiger partial charge in [-0.15, -0.1) is 0 Å². The summed E-state index contributed by atoms with van der Waals surface area (Å²) >= 11 is 0. The van der Waals surface area contributed by atoms with Crippen molar-refractivity contribution in [2.24, 2.45) is 29.3 Å². The molecule has 1 unspecified atom stereocenters. The zero-order chi connectivity index (χ0) is 27.6. The van der Waals surface area contributed by atoms with Crippen molar-refractivity contribution in [1.82, 2.24) is 5.01 Å². The van der Waals surface area contributed by atoms with Crippen LogP contribution in [0.4, 0.5) is 10.1 Å². The minimum absolute atomic E-state index is 0.0557. The van der Waals surface area contributed by atoms with Crippen molar-refractivity contribution in [3.05, 3.63) is 103 Å². The number of Topliss-reactive ketones (excluding diaryl/α,β-unsaturated/α-hetero) is 1. The first-order valence-corrected chi connectivity index (χ1v) is 13.2. The summed E-state index contributed by atoms with van der Waals surface area (Å²) in [6.45, 7) is 0.0830. The number of ether oxygens (including phenoxy) is 1. The standard InChI is InChI=1S/C31H35FN4O3/c32-26-8-12-28(13-9-26)39-29-14-10-27(11-15-29)35-31(38)25-7-6-24(30(37)21-36(34)17-16-33)19-23(20-25)18-22-4-2-1-3-5-22/h1-5,8-17,23-25H,6-7,18-21,33-34H2,(H,35,38)/b17-16-/t23-,24?,25-/m0/s1. The topological polar surface area (TPSA) is 111 Å². The predicted molar refractivity (Wildman–Crippen MR) is 150 cm³/mol. The molecule has 0 radical (unpaired) electrons. The Morgan fingerprint density at radius 2 is 1.54 bits per heavy atom. The molecule has 0 saturated heterocycles. The molecule has 0 heterocycles. The molecule has 3 aromatic carbocycles. The van der Waals surface area contributed by atoms with Crippen LogP contribution in [0.3, 0.4) is 0 Å². The molecule has 0 bridgehead atoms. The molecule has 3 aromatic rings. The van der Waals surface area contributed by atoms with Gasteiger partial charge in [-0.1, -0.05) is 30.3 Å². The first-order valence-electron chi connectivity index (χ1n) is 13.2. The van der Waals surface area contributed by atoms with E-state index in [0.29, 0.717) is 42.9 Å². The molecule has 8 heteroatoms. The molecular formula is C31H35FN4O3. The highest BCUT2D eigenvalue weighted by Crippen LogP contribution is 2.35. The Morgan fingerprint density at radius 1 is 0.923 bits per heavy atom. The number of nitrogens with zero attached hydrogens (tertiary/aromatic N) is 1. The SMILES string of the molecule is N/C=C\N(N)CC(=O)C1CC[C@H](C(=O)Nc2ccc(Oc3ccc(F)cc3)cc2)C[C@@H](Cc2ccccc2)C1. The summed E-state index contributed by atoms with van der Waals surface area (Å²) in [7, 11) is 0. The highest BCUT2D eigenvalue weighted by atomic mass is 19.1. The largest absolute Gasteiger partial charge is 0.457 e. The highest BCUT2D eigenvalue weighted by molar-refractivity contribution is 5.92. The quantitative estimate of drug-likeness (QED) is 0.184. The molecule has 1 aliphatic rings. The average molecular weight is 531 g/mol. The van der Waals surface area contributed by atoms with Crippen LogP contribution in [0, 0.1) is 23.6 Å². The van der Waals surface area contributed by atoms with Gasteiger partial charge >= 0.3 is 0 Å². The molecule has 7 nitrogen and oxygen atoms in total. The highest BCUT2D eigenvalue weighted by Gasteiger charge is 2.33. The fraction of sp³-hybridized carbons (Fsp3) is 0.290. The lowest BCUT2D eigenvalue weighted by atomic mass is 9.85. The van der Waals surface area contributed by atoms with Gasteiger partial charge in [-0.3, -0.25) is 9.59 Å². The number of carbonyl (C=O) groups is 2. The first-order chi connectivity index (χ1) is 18.9. The van der Waals surface area contributed by atoms with Crippen LogP contribution in [-0.2, 0) is 16.0 Å². The molecule has 39 heavy (non-hydrogen) atoms. The van der Waals surface area contributed by atoms with Crippen molar-refractivity contribution in [3.63, 3.8) is 0 Å². The van der Waals surface area contributed by atoms with Gasteiger partial charge in [-0.25, -0.2) is 10.2 Å². The van der Waals surface area contributed by atoms with E-state index >= 15 is 0 Å². The minimum atomic E-state index is -0.328. The zero-order valence-electron chi connectivity index (χ0n) is 21.8. The summed E-state index contributed by atoms with van der Waals surface area (Å²) in [5, 5.41) is 4.33. The Kier molecular flexibility index (Phi) is 9.69. The number of hydrogen-bond acceptors (Lipinski definition) is 6. The lowest BCUT2D eigenvalue weighted by Gasteiger charge is -2.22. The van der Waals surface area contributed by atoms with Gasteiger partial charge in [0.05, 0.1) is 6.54 Å². The summed E-state index contributed by atoms with van der Waals surface area (Å²) in [6, 6.07) is 23.0. The number of ketones is 1. The number of nitrogens with two attached hydrogens (primary N) is 2. The van der Waals surface area contributed by atoms with E-state index in [1.807, 2.05) is 18.2 Å². The second-order valence-corrected chi connectivity index (χ2v) is 10.0. The van der Waals surface area contributed by atoms with Gasteiger partial charge in [0.2, 0.25) is 5.91 Å². The zero-order valence-corrected chi connectivity index (χ0v) is 21.8. The van der Waals surface area contributed by atoms with Crippen molar-refractivity contribution in [1.29, 1.82) is 0 Å². The van der Waals surface area contributed by atoms with Crippen molar-refractivity contribution >= 4 is 17.4 Å². The molecule has 1 amide bonds. The number of nitrogens with one attached hydrogen (secondary N) is 1. The maximum Gasteiger partial charge on any atom is 0.227 e. The van der Waals surface area contributed by atoms with Gasteiger partial charge in [0.15, 0.2) is 5.78 Å². The van der Waals surface area contributed by atoms with Crippen LogP contribution in [0.15, 0.2) is 91.3 Å². The van der Waals surface area contributed by atoms with E-state index in [-0.39, 0.29) is 41.8 Å². The van der Waals surface area contributed by atoms with Gasteiger partial charge in [0, 0.05) is 29.9 Å². The molecular weight excluding hydrogens is 495 g/mol. The van der Waals surface area contributed by atoms with E-state index in [0.717, 1.165) is 6.42 Å². The Labute approximate surface area is 228 Å². The van der Waals surface area contributed by atoms with Crippen molar-refractivity contribution in [2.45, 2.75) is 32.1 Å². The van der Waals surface area contributed by atoms with E-state index in [1.165, 1.54) is 35.1 Å². The Hall–Kier alpha value is -4.17. The number of benzene rings is 3. The second kappa shape index (κ2) is 13.6. The van der Waals surface area contributed by atoms with Gasteiger partial charge in [-0.05, 0) is 92.1 Å². The fourth-order valence-electron chi connectivity index (χ4n) is 5.15. The molecule has 5 N–H and O–H groups in total. The summed E-state index contributed by atoms with van der Waals surface area (Å²) in [5.74, 6) is 6.45. The van der Waals surface area contributed by atoms with Crippen LogP contribution >= 0.6 is 0 Å². The normalized spacial score (nSPS) is 19.3.